The third kappa shape index (κ3) is 4.46. The van der Waals surface area contributed by atoms with Crippen molar-refractivity contribution in [2.24, 2.45) is 11.5 Å². The molecule has 0 saturated heterocycles. The molecule has 0 rings (SSSR count). The molecule has 0 unspecified atom stereocenters. The van der Waals surface area contributed by atoms with Crippen molar-refractivity contribution < 1.29 is 19.1 Å². The number of primary amides is 2. The lowest BCUT2D eigenvalue weighted by Crippen LogP contribution is -2.20. The van der Waals surface area contributed by atoms with E-state index in [4.69, 9.17) is 11.5 Å². The number of hydrogen-bond acceptors (Lipinski definition) is 4. The summed E-state index contributed by atoms with van der Waals surface area (Å²) in [5.41, 5.74) is 9.73. The largest absolute Gasteiger partial charge is 0.412 e. The molecule has 0 spiro atoms. The Morgan fingerprint density at radius 1 is 1.23 bits per heavy atom. The Hall–Kier alpha value is -1.98. The van der Waals surface area contributed by atoms with Crippen LogP contribution in [0.5, 0.6) is 0 Å². The zero-order valence-corrected chi connectivity index (χ0v) is 7.07. The Kier molecular flexibility index (Phi) is 4.08. The van der Waals surface area contributed by atoms with Crippen molar-refractivity contribution in [2.75, 3.05) is 0 Å². The molecule has 6 nitrogen and oxygen atoms in total. The molecule has 0 aliphatic rings. The van der Waals surface area contributed by atoms with Crippen molar-refractivity contribution in [1.29, 1.82) is 0 Å². The van der Waals surface area contributed by atoms with Gasteiger partial charge >= 0.3 is 18.1 Å². The molecule has 0 saturated carbocycles. The lowest BCUT2D eigenvalue weighted by molar-refractivity contribution is 0.101. The van der Waals surface area contributed by atoms with Crippen LogP contribution in [0.2, 0.25) is 0 Å². The van der Waals surface area contributed by atoms with Crippen LogP contribution in [0.3, 0.4) is 0 Å². The smallest absolute Gasteiger partial charge is 0.376 e. The van der Waals surface area contributed by atoms with Gasteiger partial charge < -0.3 is 20.9 Å². The maximum Gasteiger partial charge on any atom is 0.412 e. The molecule has 0 heterocycles. The Morgan fingerprint density at radius 2 is 1.62 bits per heavy atom. The third-order valence-electron chi connectivity index (χ3n) is 1.01. The lowest BCUT2D eigenvalue weighted by atomic mass is 10.3. The van der Waals surface area contributed by atoms with Crippen molar-refractivity contribution >= 4 is 12.2 Å². The maximum absolute atomic E-state index is 10.3. The summed E-state index contributed by atoms with van der Waals surface area (Å²) in [4.78, 5) is 20.6. The predicted octanol–water partition coefficient (Wildman–Crippen LogP) is 0.595. The molecule has 0 aromatic rings. The molecular formula is C7H10N2O4. The highest BCUT2D eigenvalue weighted by Gasteiger charge is 2.10. The summed E-state index contributed by atoms with van der Waals surface area (Å²) < 4.78 is 8.68. The molecule has 0 atom stereocenters. The van der Waals surface area contributed by atoms with Crippen LogP contribution in [-0.4, -0.2) is 12.2 Å². The average molecular weight is 186 g/mol. The SMILES string of the molecule is C=CC(C)=C(OC(N)=O)OC(N)=O. The van der Waals surface area contributed by atoms with Crippen LogP contribution < -0.4 is 11.5 Å². The topological polar surface area (TPSA) is 105 Å². The van der Waals surface area contributed by atoms with Gasteiger partial charge in [-0.3, -0.25) is 0 Å². The van der Waals surface area contributed by atoms with Crippen LogP contribution in [-0.2, 0) is 9.47 Å². The average Bonchev–Trinajstić information content (AvgIpc) is 2.00. The minimum Gasteiger partial charge on any atom is -0.376 e. The molecule has 72 valence electrons. The van der Waals surface area contributed by atoms with E-state index in [1.54, 1.807) is 0 Å². The molecule has 0 aromatic heterocycles. The van der Waals surface area contributed by atoms with Gasteiger partial charge in [0.2, 0.25) is 0 Å². The second kappa shape index (κ2) is 4.81. The Balaban J connectivity index is 4.64. The number of nitrogens with two attached hydrogens (primary N) is 2. The predicted molar refractivity (Wildman–Crippen MR) is 44.2 cm³/mol. The van der Waals surface area contributed by atoms with Gasteiger partial charge in [-0.05, 0) is 6.92 Å². The summed E-state index contributed by atoms with van der Waals surface area (Å²) in [6.07, 6.45) is -0.879. The van der Waals surface area contributed by atoms with Gasteiger partial charge in [0, 0.05) is 5.57 Å². The summed E-state index contributed by atoms with van der Waals surface area (Å²) >= 11 is 0. The summed E-state index contributed by atoms with van der Waals surface area (Å²) in [5.74, 6) is -0.366. The van der Waals surface area contributed by atoms with Gasteiger partial charge in [0.1, 0.15) is 0 Å². The fourth-order valence-electron chi connectivity index (χ4n) is 0.448. The Bertz CT molecular complexity index is 252. The molecule has 0 bridgehead atoms. The van der Waals surface area contributed by atoms with Gasteiger partial charge in [-0.15, -0.1) is 0 Å². The molecule has 0 aliphatic heterocycles. The van der Waals surface area contributed by atoms with E-state index < -0.39 is 12.2 Å². The molecule has 6 heteroatoms. The highest BCUT2D eigenvalue weighted by molar-refractivity contribution is 5.69. The highest BCUT2D eigenvalue weighted by atomic mass is 16.7. The van der Waals surface area contributed by atoms with Gasteiger partial charge in [0.25, 0.3) is 0 Å². The van der Waals surface area contributed by atoms with Gasteiger partial charge in [-0.1, -0.05) is 12.7 Å². The highest BCUT2D eigenvalue weighted by Crippen LogP contribution is 2.08. The normalized spacial score (nSPS) is 8.38. The summed E-state index contributed by atoms with van der Waals surface area (Å²) in [5, 5.41) is 0. The number of ether oxygens (including phenoxy) is 2. The standard InChI is InChI=1S/C7H10N2O4/c1-3-4(2)5(12-6(8)10)13-7(9)11/h3H,1H2,2H3,(H2,8,10)(H2,9,11). The van der Waals surface area contributed by atoms with Crippen LogP contribution in [0.4, 0.5) is 9.59 Å². The first-order chi connectivity index (χ1) is 5.97. The second-order valence-electron chi connectivity index (χ2n) is 2.02. The Labute approximate surface area is 74.8 Å². The first kappa shape index (κ1) is 11.0. The van der Waals surface area contributed by atoms with Gasteiger partial charge in [-0.2, -0.15) is 0 Å². The number of rotatable bonds is 3. The van der Waals surface area contributed by atoms with Gasteiger partial charge in [0.05, 0.1) is 0 Å². The quantitative estimate of drug-likeness (QED) is 0.497. The van der Waals surface area contributed by atoms with Crippen LogP contribution in [0.25, 0.3) is 0 Å². The van der Waals surface area contributed by atoms with Crippen LogP contribution >= 0.6 is 0 Å². The molecule has 4 N–H and O–H groups in total. The van der Waals surface area contributed by atoms with Crippen molar-refractivity contribution in [2.45, 2.75) is 6.92 Å². The van der Waals surface area contributed by atoms with Crippen molar-refractivity contribution in [3.05, 3.63) is 24.2 Å². The summed E-state index contributed by atoms with van der Waals surface area (Å²) in [6, 6.07) is 0. The van der Waals surface area contributed by atoms with Gasteiger partial charge in [-0.25, -0.2) is 9.59 Å². The number of carbonyl (C=O) groups is 2. The molecular weight excluding hydrogens is 176 g/mol. The van der Waals surface area contributed by atoms with Crippen LogP contribution in [0, 0.1) is 0 Å². The van der Waals surface area contributed by atoms with E-state index in [2.05, 4.69) is 16.1 Å². The van der Waals surface area contributed by atoms with Crippen molar-refractivity contribution in [1.82, 2.24) is 0 Å². The van der Waals surface area contributed by atoms with Gasteiger partial charge in [0.15, 0.2) is 0 Å². The van der Waals surface area contributed by atoms with E-state index in [1.165, 1.54) is 13.0 Å². The van der Waals surface area contributed by atoms with E-state index in [1.807, 2.05) is 0 Å². The van der Waals surface area contributed by atoms with Crippen LogP contribution in [0.1, 0.15) is 6.92 Å². The zero-order valence-electron chi connectivity index (χ0n) is 7.07. The molecule has 0 radical (unpaired) electrons. The fraction of sp³-hybridized carbons (Fsp3) is 0.143. The monoisotopic (exact) mass is 186 g/mol. The molecule has 13 heavy (non-hydrogen) atoms. The summed E-state index contributed by atoms with van der Waals surface area (Å²) in [7, 11) is 0. The Morgan fingerprint density at radius 3 is 1.85 bits per heavy atom. The van der Waals surface area contributed by atoms with Crippen molar-refractivity contribution in [3.63, 3.8) is 0 Å². The van der Waals surface area contributed by atoms with E-state index in [0.29, 0.717) is 5.57 Å². The van der Waals surface area contributed by atoms with E-state index in [-0.39, 0.29) is 5.95 Å². The number of hydrogen-bond donors (Lipinski definition) is 2. The summed E-state index contributed by atoms with van der Waals surface area (Å²) in [6.45, 7) is 4.88. The molecule has 0 aliphatic carbocycles. The number of allylic oxidation sites excluding steroid dienone is 2. The van der Waals surface area contributed by atoms with E-state index in [0.717, 1.165) is 0 Å². The van der Waals surface area contributed by atoms with E-state index in [9.17, 15) is 9.59 Å². The van der Waals surface area contributed by atoms with E-state index >= 15 is 0 Å². The minimum atomic E-state index is -1.10. The number of carbonyl (C=O) groups excluding carboxylic acids is 2. The zero-order chi connectivity index (χ0) is 10.4. The molecule has 0 fully saturated rings. The third-order valence-corrected chi connectivity index (χ3v) is 1.01. The maximum atomic E-state index is 10.3. The minimum absolute atomic E-state index is 0.331. The lowest BCUT2D eigenvalue weighted by Gasteiger charge is -2.06. The fourth-order valence-corrected chi connectivity index (χ4v) is 0.448. The molecule has 2 amide bonds. The van der Waals surface area contributed by atoms with Crippen molar-refractivity contribution in [3.8, 4) is 0 Å². The van der Waals surface area contributed by atoms with Crippen LogP contribution in [0.15, 0.2) is 24.2 Å². The molecule has 0 aromatic carbocycles. The first-order valence-corrected chi connectivity index (χ1v) is 3.25. The number of amides is 2. The first-order valence-electron chi connectivity index (χ1n) is 3.25. The second-order valence-corrected chi connectivity index (χ2v) is 2.02.